The third kappa shape index (κ3) is 3.58. The fraction of sp³-hybridized carbons (Fsp3) is 0.562. The minimum Gasteiger partial charge on any atom is -0.445 e. The van der Waals surface area contributed by atoms with Gasteiger partial charge in [0.05, 0.1) is 31.9 Å². The molecule has 1 aromatic rings. The van der Waals surface area contributed by atoms with Crippen LogP contribution >= 0.6 is 0 Å². The summed E-state index contributed by atoms with van der Waals surface area (Å²) >= 11 is 0. The molecule has 1 aromatic carbocycles. The van der Waals surface area contributed by atoms with E-state index in [4.69, 9.17) is 9.47 Å². The maximum atomic E-state index is 12.1. The van der Waals surface area contributed by atoms with Gasteiger partial charge in [-0.15, -0.1) is 0 Å². The van der Waals surface area contributed by atoms with Crippen LogP contribution in [0.2, 0.25) is 0 Å². The Morgan fingerprint density at radius 1 is 1.23 bits per heavy atom. The number of likely N-dealkylation sites (tertiary alicyclic amines) is 1. The van der Waals surface area contributed by atoms with E-state index in [1.165, 1.54) is 0 Å². The summed E-state index contributed by atoms with van der Waals surface area (Å²) in [6, 6.07) is 9.57. The van der Waals surface area contributed by atoms with Crippen LogP contribution in [0.1, 0.15) is 5.56 Å². The lowest BCUT2D eigenvalue weighted by atomic mass is 10.2. The third-order valence-electron chi connectivity index (χ3n) is 4.24. The first kappa shape index (κ1) is 15.3. The zero-order valence-corrected chi connectivity index (χ0v) is 12.6. The van der Waals surface area contributed by atoms with Gasteiger partial charge >= 0.3 is 6.09 Å². The lowest BCUT2D eigenvalue weighted by Crippen LogP contribution is -2.49. The molecule has 6 nitrogen and oxygen atoms in total. The van der Waals surface area contributed by atoms with Gasteiger partial charge in [0, 0.05) is 19.6 Å². The average Bonchev–Trinajstić information content (AvgIpc) is 2.96. The van der Waals surface area contributed by atoms with Crippen LogP contribution in [0.3, 0.4) is 0 Å². The van der Waals surface area contributed by atoms with Crippen molar-refractivity contribution in [2.24, 2.45) is 0 Å². The second kappa shape index (κ2) is 7.09. The van der Waals surface area contributed by atoms with Crippen molar-refractivity contribution in [2.45, 2.75) is 18.8 Å². The number of aliphatic hydroxyl groups excluding tert-OH is 1. The van der Waals surface area contributed by atoms with Gasteiger partial charge in [0.1, 0.15) is 6.61 Å². The standard InChI is InChI=1S/C16H22N2O4/c19-15-11-18(10-14(15)17-6-8-21-9-7-17)16(20)22-12-13-4-2-1-3-5-13/h1-5,14-15,19H,6-12H2/t14-,15-/m0/s1. The van der Waals surface area contributed by atoms with Crippen LogP contribution in [-0.4, -0.2) is 72.5 Å². The number of benzene rings is 1. The molecule has 0 radical (unpaired) electrons. The zero-order valence-electron chi connectivity index (χ0n) is 12.6. The number of hydrogen-bond donors (Lipinski definition) is 1. The van der Waals surface area contributed by atoms with E-state index in [9.17, 15) is 9.90 Å². The number of morpholine rings is 1. The number of ether oxygens (including phenoxy) is 2. The monoisotopic (exact) mass is 306 g/mol. The van der Waals surface area contributed by atoms with E-state index < -0.39 is 6.10 Å². The van der Waals surface area contributed by atoms with Crippen LogP contribution in [0, 0.1) is 0 Å². The molecule has 2 aliphatic heterocycles. The zero-order chi connectivity index (χ0) is 15.4. The molecular weight excluding hydrogens is 284 g/mol. The molecular formula is C16H22N2O4. The Hall–Kier alpha value is -1.63. The summed E-state index contributed by atoms with van der Waals surface area (Å²) in [5.74, 6) is 0. The number of rotatable bonds is 3. The van der Waals surface area contributed by atoms with E-state index in [1.807, 2.05) is 30.3 Å². The molecule has 0 bridgehead atoms. The number of hydrogen-bond acceptors (Lipinski definition) is 5. The quantitative estimate of drug-likeness (QED) is 0.891. The second-order valence-electron chi connectivity index (χ2n) is 5.73. The van der Waals surface area contributed by atoms with Crippen LogP contribution in [-0.2, 0) is 16.1 Å². The highest BCUT2D eigenvalue weighted by Crippen LogP contribution is 2.18. The number of carbonyl (C=O) groups excluding carboxylic acids is 1. The average molecular weight is 306 g/mol. The van der Waals surface area contributed by atoms with Gasteiger partial charge in [-0.1, -0.05) is 30.3 Å². The lowest BCUT2D eigenvalue weighted by Gasteiger charge is -2.33. The lowest BCUT2D eigenvalue weighted by molar-refractivity contribution is -0.00615. The highest BCUT2D eigenvalue weighted by atomic mass is 16.6. The highest BCUT2D eigenvalue weighted by Gasteiger charge is 2.38. The van der Waals surface area contributed by atoms with Crippen molar-refractivity contribution >= 4 is 6.09 Å². The van der Waals surface area contributed by atoms with Crippen molar-refractivity contribution < 1.29 is 19.4 Å². The minimum absolute atomic E-state index is 0.0202. The number of carbonyl (C=O) groups is 1. The summed E-state index contributed by atoms with van der Waals surface area (Å²) in [5, 5.41) is 10.2. The SMILES string of the molecule is O=C(OCc1ccccc1)N1C[C@H](O)[C@@H](N2CCOCC2)C1. The van der Waals surface area contributed by atoms with Gasteiger partial charge in [-0.25, -0.2) is 4.79 Å². The molecule has 0 saturated carbocycles. The minimum atomic E-state index is -0.526. The molecule has 22 heavy (non-hydrogen) atoms. The van der Waals surface area contributed by atoms with Gasteiger partial charge in [0.25, 0.3) is 0 Å². The maximum Gasteiger partial charge on any atom is 0.410 e. The first-order valence-corrected chi connectivity index (χ1v) is 7.69. The van der Waals surface area contributed by atoms with E-state index >= 15 is 0 Å². The number of nitrogens with zero attached hydrogens (tertiary/aromatic N) is 2. The fourth-order valence-corrected chi connectivity index (χ4v) is 3.00. The van der Waals surface area contributed by atoms with Crippen molar-refractivity contribution in [3.8, 4) is 0 Å². The van der Waals surface area contributed by atoms with Gasteiger partial charge in [0.15, 0.2) is 0 Å². The summed E-state index contributed by atoms with van der Waals surface area (Å²) < 4.78 is 10.7. The van der Waals surface area contributed by atoms with Gasteiger partial charge in [-0.3, -0.25) is 4.90 Å². The maximum absolute atomic E-state index is 12.1. The van der Waals surface area contributed by atoms with Crippen molar-refractivity contribution in [1.29, 1.82) is 0 Å². The Kier molecular flexibility index (Phi) is 4.92. The molecule has 2 fully saturated rings. The molecule has 3 rings (SSSR count). The highest BCUT2D eigenvalue weighted by molar-refractivity contribution is 5.68. The van der Waals surface area contributed by atoms with Gasteiger partial charge < -0.3 is 19.5 Å². The van der Waals surface area contributed by atoms with Crippen LogP contribution in [0.5, 0.6) is 0 Å². The first-order chi connectivity index (χ1) is 10.7. The number of amides is 1. The molecule has 2 aliphatic rings. The predicted octanol–water partition coefficient (Wildman–Crippen LogP) is 0.700. The van der Waals surface area contributed by atoms with Crippen molar-refractivity contribution in [1.82, 2.24) is 9.80 Å². The Balaban J connectivity index is 1.51. The molecule has 2 saturated heterocycles. The van der Waals surface area contributed by atoms with E-state index in [0.29, 0.717) is 26.3 Å². The van der Waals surface area contributed by atoms with Gasteiger partial charge in [0.2, 0.25) is 0 Å². The first-order valence-electron chi connectivity index (χ1n) is 7.69. The van der Waals surface area contributed by atoms with E-state index in [0.717, 1.165) is 18.7 Å². The van der Waals surface area contributed by atoms with Crippen LogP contribution in [0.15, 0.2) is 30.3 Å². The molecule has 6 heteroatoms. The predicted molar refractivity (Wildman–Crippen MR) is 80.4 cm³/mol. The fourth-order valence-electron chi connectivity index (χ4n) is 3.00. The van der Waals surface area contributed by atoms with Gasteiger partial charge in [-0.05, 0) is 5.56 Å². The smallest absolute Gasteiger partial charge is 0.410 e. The van der Waals surface area contributed by atoms with Crippen molar-refractivity contribution in [3.63, 3.8) is 0 Å². The molecule has 2 heterocycles. The Morgan fingerprint density at radius 3 is 2.68 bits per heavy atom. The van der Waals surface area contributed by atoms with E-state index in [-0.39, 0.29) is 18.7 Å². The molecule has 0 aliphatic carbocycles. The molecule has 2 atom stereocenters. The third-order valence-corrected chi connectivity index (χ3v) is 4.24. The molecule has 1 amide bonds. The van der Waals surface area contributed by atoms with E-state index in [2.05, 4.69) is 4.90 Å². The summed E-state index contributed by atoms with van der Waals surface area (Å²) in [7, 11) is 0. The van der Waals surface area contributed by atoms with Crippen LogP contribution in [0.25, 0.3) is 0 Å². The number of aliphatic hydroxyl groups is 1. The molecule has 0 aromatic heterocycles. The molecule has 1 N–H and O–H groups in total. The number of β-amino-alcohol motifs (C(OH)–C–C–N with tert-alkyl or cyclic N) is 1. The summed E-state index contributed by atoms with van der Waals surface area (Å²) in [4.78, 5) is 15.9. The molecule has 120 valence electrons. The molecule has 0 unspecified atom stereocenters. The summed E-state index contributed by atoms with van der Waals surface area (Å²) in [6.45, 7) is 4.06. The van der Waals surface area contributed by atoms with Crippen LogP contribution < -0.4 is 0 Å². The molecule has 0 spiro atoms. The van der Waals surface area contributed by atoms with Crippen molar-refractivity contribution in [2.75, 3.05) is 39.4 Å². The van der Waals surface area contributed by atoms with Crippen LogP contribution in [0.4, 0.5) is 4.79 Å². The Morgan fingerprint density at radius 2 is 1.95 bits per heavy atom. The Labute approximate surface area is 130 Å². The topological polar surface area (TPSA) is 62.2 Å². The summed E-state index contributed by atoms with van der Waals surface area (Å²) in [6.07, 6.45) is -0.888. The normalized spacial score (nSPS) is 26.1. The Bertz CT molecular complexity index is 490. The largest absolute Gasteiger partial charge is 0.445 e. The van der Waals surface area contributed by atoms with E-state index in [1.54, 1.807) is 4.90 Å². The van der Waals surface area contributed by atoms with Gasteiger partial charge in [-0.2, -0.15) is 0 Å². The van der Waals surface area contributed by atoms with Crippen molar-refractivity contribution in [3.05, 3.63) is 35.9 Å². The summed E-state index contributed by atoms with van der Waals surface area (Å²) in [5.41, 5.74) is 0.959. The second-order valence-corrected chi connectivity index (χ2v) is 5.73.